The molecule has 0 radical (unpaired) electrons. The summed E-state index contributed by atoms with van der Waals surface area (Å²) in [6, 6.07) is 0. The molecule has 1 rings (SSSR count). The summed E-state index contributed by atoms with van der Waals surface area (Å²) < 4.78 is 48.9. The zero-order valence-electron chi connectivity index (χ0n) is 8.32. The van der Waals surface area contributed by atoms with Crippen LogP contribution in [0.15, 0.2) is 0 Å². The third-order valence-corrected chi connectivity index (χ3v) is 2.84. The third kappa shape index (κ3) is 3.18. The molecule has 0 heterocycles. The van der Waals surface area contributed by atoms with Gasteiger partial charge in [0.05, 0.1) is 0 Å². The van der Waals surface area contributed by atoms with E-state index in [0.29, 0.717) is 12.8 Å². The summed E-state index contributed by atoms with van der Waals surface area (Å²) in [4.78, 5) is 10.9. The summed E-state index contributed by atoms with van der Waals surface area (Å²) in [5, 5.41) is 0. The molecule has 0 saturated heterocycles. The number of halogens is 4. The summed E-state index contributed by atoms with van der Waals surface area (Å²) in [5.74, 6) is -6.20. The Labute approximate surface area is 85.8 Å². The molecule has 5 heteroatoms. The van der Waals surface area contributed by atoms with Crippen molar-refractivity contribution in [1.29, 1.82) is 0 Å². The highest BCUT2D eigenvalue weighted by Crippen LogP contribution is 2.31. The Morgan fingerprint density at radius 3 is 2.20 bits per heavy atom. The number of ketones is 1. The normalized spacial score (nSPS) is 19.5. The van der Waals surface area contributed by atoms with Crippen molar-refractivity contribution in [2.45, 2.75) is 50.9 Å². The van der Waals surface area contributed by atoms with Crippen LogP contribution in [0, 0.1) is 5.92 Å². The van der Waals surface area contributed by atoms with Gasteiger partial charge in [-0.3, -0.25) is 4.79 Å². The van der Waals surface area contributed by atoms with Gasteiger partial charge >= 0.3 is 12.3 Å². The van der Waals surface area contributed by atoms with Gasteiger partial charge in [-0.15, -0.1) is 0 Å². The lowest BCUT2D eigenvalue weighted by atomic mass is 9.85. The molecule has 1 saturated carbocycles. The smallest absolute Gasteiger partial charge is 0.293 e. The van der Waals surface area contributed by atoms with Crippen LogP contribution in [0.25, 0.3) is 0 Å². The van der Waals surface area contributed by atoms with Crippen LogP contribution in [0.2, 0.25) is 0 Å². The van der Waals surface area contributed by atoms with E-state index in [4.69, 9.17) is 0 Å². The third-order valence-electron chi connectivity index (χ3n) is 2.84. The first-order valence-electron chi connectivity index (χ1n) is 5.14. The first kappa shape index (κ1) is 12.5. The van der Waals surface area contributed by atoms with Crippen molar-refractivity contribution in [2.75, 3.05) is 0 Å². The van der Waals surface area contributed by atoms with E-state index in [2.05, 4.69) is 0 Å². The monoisotopic (exact) mass is 226 g/mol. The van der Waals surface area contributed by atoms with E-state index in [0.717, 1.165) is 19.3 Å². The lowest BCUT2D eigenvalue weighted by Crippen LogP contribution is -2.37. The number of carbonyl (C=O) groups is 1. The van der Waals surface area contributed by atoms with E-state index in [9.17, 15) is 22.4 Å². The first-order chi connectivity index (χ1) is 6.94. The second-order valence-corrected chi connectivity index (χ2v) is 4.05. The van der Waals surface area contributed by atoms with Crippen molar-refractivity contribution in [2.24, 2.45) is 5.92 Å². The topological polar surface area (TPSA) is 17.1 Å². The predicted molar refractivity (Wildman–Crippen MR) is 47.2 cm³/mol. The minimum atomic E-state index is -4.46. The molecule has 1 fully saturated rings. The van der Waals surface area contributed by atoms with Gasteiger partial charge in [-0.2, -0.15) is 8.78 Å². The lowest BCUT2D eigenvalue weighted by molar-refractivity contribution is -0.168. The molecule has 88 valence electrons. The minimum Gasteiger partial charge on any atom is -0.293 e. The van der Waals surface area contributed by atoms with Crippen LogP contribution in [0.4, 0.5) is 17.6 Å². The van der Waals surface area contributed by atoms with Gasteiger partial charge < -0.3 is 0 Å². The van der Waals surface area contributed by atoms with E-state index < -0.39 is 24.6 Å². The molecule has 1 nitrogen and oxygen atoms in total. The standard InChI is InChI=1S/C10H14F4O/c11-9(12)10(13,14)8(15)6-7-4-2-1-3-5-7/h7,9H,1-6H2. The fourth-order valence-corrected chi connectivity index (χ4v) is 1.91. The van der Waals surface area contributed by atoms with Crippen molar-refractivity contribution in [1.82, 2.24) is 0 Å². The van der Waals surface area contributed by atoms with Crippen molar-refractivity contribution < 1.29 is 22.4 Å². The predicted octanol–water partition coefficient (Wildman–Crippen LogP) is 3.43. The van der Waals surface area contributed by atoms with Crippen LogP contribution in [0.5, 0.6) is 0 Å². The van der Waals surface area contributed by atoms with Gasteiger partial charge in [-0.05, 0) is 5.92 Å². The van der Waals surface area contributed by atoms with Gasteiger partial charge in [0.15, 0.2) is 0 Å². The minimum absolute atomic E-state index is 0.129. The summed E-state index contributed by atoms with van der Waals surface area (Å²) in [6.07, 6.45) is -0.0478. The fourth-order valence-electron chi connectivity index (χ4n) is 1.91. The zero-order valence-corrected chi connectivity index (χ0v) is 8.32. The summed E-state index contributed by atoms with van der Waals surface area (Å²) in [6.45, 7) is 0. The fraction of sp³-hybridized carbons (Fsp3) is 0.900. The number of hydrogen-bond donors (Lipinski definition) is 0. The van der Waals surface area contributed by atoms with Gasteiger partial charge in [0.2, 0.25) is 5.78 Å². The van der Waals surface area contributed by atoms with Gasteiger partial charge in [0, 0.05) is 6.42 Å². The number of rotatable bonds is 4. The zero-order chi connectivity index (χ0) is 11.5. The molecule has 0 aromatic heterocycles. The average Bonchev–Trinajstić information content (AvgIpc) is 2.18. The molecule has 0 bridgehead atoms. The van der Waals surface area contributed by atoms with Crippen LogP contribution in [0.1, 0.15) is 38.5 Å². The maximum absolute atomic E-state index is 12.6. The number of hydrogen-bond acceptors (Lipinski definition) is 1. The molecule has 0 aromatic carbocycles. The SMILES string of the molecule is O=C(CC1CCCCC1)C(F)(F)C(F)F. The van der Waals surface area contributed by atoms with Gasteiger partial charge in [0.1, 0.15) is 0 Å². The molecule has 0 spiro atoms. The molecule has 0 aromatic rings. The van der Waals surface area contributed by atoms with Crippen molar-refractivity contribution >= 4 is 5.78 Å². The van der Waals surface area contributed by atoms with Crippen LogP contribution >= 0.6 is 0 Å². The van der Waals surface area contributed by atoms with E-state index in [1.807, 2.05) is 0 Å². The van der Waals surface area contributed by atoms with Crippen LogP contribution in [-0.2, 0) is 4.79 Å². The van der Waals surface area contributed by atoms with Crippen LogP contribution < -0.4 is 0 Å². The molecule has 0 amide bonds. The number of Topliss-reactive ketones (excluding diaryl/α,β-unsaturated/α-hetero) is 1. The number of carbonyl (C=O) groups excluding carboxylic acids is 1. The molecular formula is C10H14F4O. The largest absolute Gasteiger partial charge is 0.364 e. The maximum Gasteiger partial charge on any atom is 0.364 e. The molecular weight excluding hydrogens is 212 g/mol. The van der Waals surface area contributed by atoms with E-state index in [-0.39, 0.29) is 5.92 Å². The van der Waals surface area contributed by atoms with Crippen molar-refractivity contribution in [3.63, 3.8) is 0 Å². The average molecular weight is 226 g/mol. The quantitative estimate of drug-likeness (QED) is 0.671. The Balaban J connectivity index is 2.46. The first-order valence-corrected chi connectivity index (χ1v) is 5.14. The van der Waals surface area contributed by atoms with Gasteiger partial charge in [-0.25, -0.2) is 8.78 Å². The molecule has 0 N–H and O–H groups in total. The molecule has 0 unspecified atom stereocenters. The maximum atomic E-state index is 12.6. The Morgan fingerprint density at radius 1 is 1.20 bits per heavy atom. The molecule has 1 aliphatic carbocycles. The van der Waals surface area contributed by atoms with Crippen molar-refractivity contribution in [3.8, 4) is 0 Å². The Morgan fingerprint density at radius 2 is 1.73 bits per heavy atom. The second-order valence-electron chi connectivity index (χ2n) is 4.05. The van der Waals surface area contributed by atoms with Crippen molar-refractivity contribution in [3.05, 3.63) is 0 Å². The van der Waals surface area contributed by atoms with E-state index >= 15 is 0 Å². The van der Waals surface area contributed by atoms with E-state index in [1.165, 1.54) is 0 Å². The van der Waals surface area contributed by atoms with Crippen LogP contribution in [-0.4, -0.2) is 18.1 Å². The highest BCUT2D eigenvalue weighted by molar-refractivity contribution is 5.86. The number of alkyl halides is 4. The second kappa shape index (κ2) is 4.94. The summed E-state index contributed by atoms with van der Waals surface area (Å²) in [5.41, 5.74) is 0. The van der Waals surface area contributed by atoms with Gasteiger partial charge in [-0.1, -0.05) is 32.1 Å². The Bertz CT molecular complexity index is 221. The highest BCUT2D eigenvalue weighted by Gasteiger charge is 2.48. The summed E-state index contributed by atoms with van der Waals surface area (Å²) in [7, 11) is 0. The molecule has 0 atom stereocenters. The summed E-state index contributed by atoms with van der Waals surface area (Å²) >= 11 is 0. The van der Waals surface area contributed by atoms with E-state index in [1.54, 1.807) is 0 Å². The lowest BCUT2D eigenvalue weighted by Gasteiger charge is -2.22. The molecule has 1 aliphatic rings. The molecule has 0 aliphatic heterocycles. The van der Waals surface area contributed by atoms with Gasteiger partial charge in [0.25, 0.3) is 0 Å². The highest BCUT2D eigenvalue weighted by atomic mass is 19.3. The van der Waals surface area contributed by atoms with Crippen LogP contribution in [0.3, 0.4) is 0 Å². The Hall–Kier alpha value is -0.610. The molecule has 15 heavy (non-hydrogen) atoms. The Kier molecular flexibility index (Phi) is 4.11.